The number of carbonyl (C=O) groups is 1. The molecule has 0 radical (unpaired) electrons. The number of aliphatic hydroxyl groups excluding tert-OH is 1. The molecule has 0 heterocycles. The summed E-state index contributed by atoms with van der Waals surface area (Å²) in [6.45, 7) is 4.59. The van der Waals surface area contributed by atoms with E-state index < -0.39 is 26.6 Å². The fourth-order valence-electron chi connectivity index (χ4n) is 6.74. The third kappa shape index (κ3) is 44.3. The molecular weight excluding hydrogens is 768 g/mol. The number of nitrogens with zero attached hydrogens (tertiary/aromatic N) is 1. The lowest BCUT2D eigenvalue weighted by atomic mass is 10.0. The number of carbonyl (C=O) groups excluding carboxylic acids is 1. The van der Waals surface area contributed by atoms with Gasteiger partial charge in [-0.15, -0.1) is 0 Å². The SMILES string of the molecule is CCCCCC/C=C\C/C=C\CCCCCCCC(=O)NC(COP(=O)([O-])OCC[N+](C)(C)C)C(O)/C=C/CC/C=C/CC/C=C/CCCCCCCCCCCCCC. The van der Waals surface area contributed by atoms with Crippen LogP contribution in [0.3, 0.4) is 0 Å². The van der Waals surface area contributed by atoms with E-state index in [1.165, 1.54) is 116 Å². The van der Waals surface area contributed by atoms with Crippen LogP contribution in [0.25, 0.3) is 0 Å². The van der Waals surface area contributed by atoms with E-state index in [-0.39, 0.29) is 12.5 Å². The van der Waals surface area contributed by atoms with Crippen molar-refractivity contribution in [3.8, 4) is 0 Å². The normalized spacial score (nSPS) is 14.7. The van der Waals surface area contributed by atoms with Gasteiger partial charge >= 0.3 is 0 Å². The minimum absolute atomic E-state index is 0.0140. The minimum Gasteiger partial charge on any atom is -0.756 e. The van der Waals surface area contributed by atoms with Crippen LogP contribution in [0.4, 0.5) is 0 Å². The Morgan fingerprint density at radius 2 is 0.983 bits per heavy atom. The van der Waals surface area contributed by atoms with Crippen molar-refractivity contribution in [2.24, 2.45) is 0 Å². The van der Waals surface area contributed by atoms with E-state index in [0.29, 0.717) is 17.4 Å². The lowest BCUT2D eigenvalue weighted by Crippen LogP contribution is -2.45. The highest BCUT2D eigenvalue weighted by atomic mass is 31.2. The van der Waals surface area contributed by atoms with Gasteiger partial charge in [-0.25, -0.2) is 0 Å². The van der Waals surface area contributed by atoms with E-state index >= 15 is 0 Å². The van der Waals surface area contributed by atoms with E-state index in [2.05, 4.69) is 67.8 Å². The van der Waals surface area contributed by atoms with E-state index in [4.69, 9.17) is 9.05 Å². The second-order valence-electron chi connectivity index (χ2n) is 17.8. The highest BCUT2D eigenvalue weighted by Crippen LogP contribution is 2.38. The minimum atomic E-state index is -4.61. The van der Waals surface area contributed by atoms with E-state index in [0.717, 1.165) is 70.6 Å². The lowest BCUT2D eigenvalue weighted by molar-refractivity contribution is -0.870. The Balaban J connectivity index is 4.45. The maximum Gasteiger partial charge on any atom is 0.268 e. The predicted molar refractivity (Wildman–Crippen MR) is 256 cm³/mol. The van der Waals surface area contributed by atoms with Crippen molar-refractivity contribution in [1.29, 1.82) is 0 Å². The third-order valence-corrected chi connectivity index (χ3v) is 11.6. The molecule has 60 heavy (non-hydrogen) atoms. The van der Waals surface area contributed by atoms with Crippen LogP contribution in [-0.4, -0.2) is 68.5 Å². The molecule has 0 fully saturated rings. The quantitative estimate of drug-likeness (QED) is 0.0273. The van der Waals surface area contributed by atoms with E-state index in [1.807, 2.05) is 27.2 Å². The molecule has 350 valence electrons. The fraction of sp³-hybridized carbons (Fsp3) is 0.784. The van der Waals surface area contributed by atoms with Crippen LogP contribution in [-0.2, 0) is 18.4 Å². The number of phosphoric acid groups is 1. The zero-order chi connectivity index (χ0) is 44.3. The predicted octanol–water partition coefficient (Wildman–Crippen LogP) is 13.6. The molecule has 8 nitrogen and oxygen atoms in total. The number of allylic oxidation sites excluding steroid dienone is 9. The molecule has 0 aromatic carbocycles. The van der Waals surface area contributed by atoms with Gasteiger partial charge < -0.3 is 28.8 Å². The molecule has 1 amide bonds. The summed E-state index contributed by atoms with van der Waals surface area (Å²) in [5.41, 5.74) is 0. The number of quaternary nitrogens is 1. The Labute approximate surface area is 371 Å². The number of nitrogens with one attached hydrogen (secondary N) is 1. The van der Waals surface area contributed by atoms with Crippen LogP contribution in [0, 0.1) is 0 Å². The molecule has 0 aliphatic rings. The second kappa shape index (κ2) is 42.5. The van der Waals surface area contributed by atoms with Gasteiger partial charge in [0, 0.05) is 6.42 Å². The third-order valence-electron chi connectivity index (χ3n) is 10.7. The van der Waals surface area contributed by atoms with Gasteiger partial charge in [-0.2, -0.15) is 0 Å². The first-order valence-corrected chi connectivity index (χ1v) is 26.1. The Bertz CT molecular complexity index is 1160. The number of aliphatic hydroxyl groups is 1. The van der Waals surface area contributed by atoms with Gasteiger partial charge in [0.05, 0.1) is 39.9 Å². The van der Waals surface area contributed by atoms with Gasteiger partial charge in [-0.1, -0.05) is 184 Å². The summed E-state index contributed by atoms with van der Waals surface area (Å²) in [5, 5.41) is 13.8. The zero-order valence-electron chi connectivity index (χ0n) is 39.6. The highest BCUT2D eigenvalue weighted by molar-refractivity contribution is 7.45. The van der Waals surface area contributed by atoms with E-state index in [9.17, 15) is 19.4 Å². The number of rotatable bonds is 44. The first-order chi connectivity index (χ1) is 29.0. The highest BCUT2D eigenvalue weighted by Gasteiger charge is 2.23. The zero-order valence-corrected chi connectivity index (χ0v) is 40.5. The summed E-state index contributed by atoms with van der Waals surface area (Å²) in [6.07, 6.45) is 55.6. The summed E-state index contributed by atoms with van der Waals surface area (Å²) < 4.78 is 23.2. The van der Waals surface area contributed by atoms with Crippen LogP contribution < -0.4 is 10.2 Å². The molecule has 0 aliphatic carbocycles. The van der Waals surface area contributed by atoms with Gasteiger partial charge in [-0.3, -0.25) is 9.36 Å². The van der Waals surface area contributed by atoms with Crippen LogP contribution in [0.1, 0.15) is 206 Å². The molecule has 0 aromatic rings. The second-order valence-corrected chi connectivity index (χ2v) is 19.2. The number of amides is 1. The van der Waals surface area contributed by atoms with Crippen LogP contribution in [0.2, 0.25) is 0 Å². The molecule has 0 aromatic heterocycles. The van der Waals surface area contributed by atoms with Crippen LogP contribution >= 0.6 is 7.82 Å². The summed E-state index contributed by atoms with van der Waals surface area (Å²) >= 11 is 0. The Morgan fingerprint density at radius 1 is 0.583 bits per heavy atom. The molecule has 0 spiro atoms. The summed E-state index contributed by atoms with van der Waals surface area (Å²) in [4.78, 5) is 25.3. The number of hydrogen-bond donors (Lipinski definition) is 2. The Hall–Kier alpha value is -1.80. The van der Waals surface area contributed by atoms with Crippen LogP contribution in [0.15, 0.2) is 60.8 Å². The average molecular weight is 863 g/mol. The smallest absolute Gasteiger partial charge is 0.268 e. The van der Waals surface area contributed by atoms with Crippen molar-refractivity contribution >= 4 is 13.7 Å². The van der Waals surface area contributed by atoms with Crippen molar-refractivity contribution in [2.45, 2.75) is 219 Å². The maximum atomic E-state index is 12.9. The molecule has 3 unspecified atom stereocenters. The summed E-state index contributed by atoms with van der Waals surface area (Å²) in [7, 11) is 1.22. The molecule has 3 atom stereocenters. The summed E-state index contributed by atoms with van der Waals surface area (Å²) in [5.74, 6) is -0.227. The van der Waals surface area contributed by atoms with Crippen molar-refractivity contribution in [3.05, 3.63) is 60.8 Å². The molecule has 0 rings (SSSR count). The molecule has 0 saturated heterocycles. The number of unbranched alkanes of at least 4 members (excludes halogenated alkanes) is 23. The fourth-order valence-corrected chi connectivity index (χ4v) is 7.47. The van der Waals surface area contributed by atoms with Gasteiger partial charge in [0.15, 0.2) is 0 Å². The monoisotopic (exact) mass is 863 g/mol. The Morgan fingerprint density at radius 3 is 1.47 bits per heavy atom. The van der Waals surface area contributed by atoms with Crippen molar-refractivity contribution in [2.75, 3.05) is 40.9 Å². The number of phosphoric ester groups is 1. The largest absolute Gasteiger partial charge is 0.756 e. The standard InChI is InChI=1S/C51H95N2O6P/c1-6-8-10-12-14-16-18-20-22-24-25-26-27-28-29-30-32-34-36-38-40-42-44-50(54)49(48-59-60(56,57)58-47-46-53(3,4)5)52-51(55)45-43-41-39-37-35-33-31-23-21-19-17-15-13-11-9-7-2/h17,19,23,28-29,31,34,36,42,44,49-50,54H,6-16,18,20-22,24-27,30,32-33,35,37-41,43,45-48H2,1-5H3,(H-,52,55,56,57)/b19-17-,29-28+,31-23-,36-34+,44-42+. The van der Waals surface area contributed by atoms with Crippen molar-refractivity contribution in [1.82, 2.24) is 5.32 Å². The van der Waals surface area contributed by atoms with Gasteiger partial charge in [0.2, 0.25) is 5.91 Å². The lowest BCUT2D eigenvalue weighted by Gasteiger charge is -2.29. The molecule has 0 bridgehead atoms. The van der Waals surface area contributed by atoms with Gasteiger partial charge in [0.1, 0.15) is 13.2 Å². The molecule has 2 N–H and O–H groups in total. The first kappa shape index (κ1) is 58.2. The first-order valence-electron chi connectivity index (χ1n) is 24.7. The topological polar surface area (TPSA) is 108 Å². The van der Waals surface area contributed by atoms with Gasteiger partial charge in [-0.05, 0) is 77.0 Å². The number of hydrogen-bond acceptors (Lipinski definition) is 6. The average Bonchev–Trinajstić information content (AvgIpc) is 3.20. The van der Waals surface area contributed by atoms with Crippen LogP contribution in [0.5, 0.6) is 0 Å². The Kier molecular flexibility index (Phi) is 41.2. The van der Waals surface area contributed by atoms with E-state index in [1.54, 1.807) is 6.08 Å². The molecular formula is C51H95N2O6P. The molecule has 9 heteroatoms. The van der Waals surface area contributed by atoms with Crippen molar-refractivity contribution < 1.29 is 32.9 Å². The van der Waals surface area contributed by atoms with Crippen molar-refractivity contribution in [3.63, 3.8) is 0 Å². The molecule has 0 aliphatic heterocycles. The number of likely N-dealkylation sites (N-methyl/N-ethyl adjacent to an activating group) is 1. The molecule has 0 saturated carbocycles. The maximum absolute atomic E-state index is 12.9. The summed E-state index contributed by atoms with van der Waals surface area (Å²) in [6, 6.07) is -0.919. The van der Waals surface area contributed by atoms with Gasteiger partial charge in [0.25, 0.3) is 7.82 Å².